The Hall–Kier alpha value is -2.37. The summed E-state index contributed by atoms with van der Waals surface area (Å²) in [6.07, 6.45) is 2.08. The van der Waals surface area contributed by atoms with Crippen molar-refractivity contribution in [3.05, 3.63) is 39.8 Å². The second-order valence-corrected chi connectivity index (χ2v) is 9.48. The summed E-state index contributed by atoms with van der Waals surface area (Å²) in [6.45, 7) is 3.79. The molecule has 2 aromatic rings. The predicted octanol–water partition coefficient (Wildman–Crippen LogP) is 2.02. The molecule has 0 spiro atoms. The fraction of sp³-hybridized carbons (Fsp3) is 0.421. The molecule has 30 heavy (non-hydrogen) atoms. The molecule has 9 nitrogen and oxygen atoms in total. The Bertz CT molecular complexity index is 1080. The summed E-state index contributed by atoms with van der Waals surface area (Å²) in [5.74, 6) is -0.133. The molecule has 2 N–H and O–H groups in total. The molecule has 0 aliphatic rings. The lowest BCUT2D eigenvalue weighted by atomic mass is 10.1. The Morgan fingerprint density at radius 2 is 2.03 bits per heavy atom. The first kappa shape index (κ1) is 23.9. The van der Waals surface area contributed by atoms with E-state index >= 15 is 0 Å². The van der Waals surface area contributed by atoms with Crippen LogP contribution >= 0.6 is 11.8 Å². The van der Waals surface area contributed by atoms with Crippen molar-refractivity contribution in [3.63, 3.8) is 0 Å². The molecular formula is C19H26N4O5S2. The standard InChI is InChI=1S/C19H26N4O5S2/c1-6-28-15-9-7-13(11-16(15)30(26,27)23(3)4)21-17(24)10-8-14-12(2)20-19(29-5)22-18(14)25/h7,9,11H,6,8,10H2,1-5H3,(H,21,24)(H,20,22,25). The maximum absolute atomic E-state index is 12.6. The number of aromatic amines is 1. The summed E-state index contributed by atoms with van der Waals surface area (Å²) in [5, 5.41) is 3.20. The molecule has 0 aliphatic heterocycles. The van der Waals surface area contributed by atoms with Gasteiger partial charge in [0.05, 0.1) is 6.61 Å². The average Bonchev–Trinajstić information content (AvgIpc) is 2.68. The van der Waals surface area contributed by atoms with Gasteiger partial charge in [-0.2, -0.15) is 0 Å². The van der Waals surface area contributed by atoms with Crippen molar-refractivity contribution in [2.45, 2.75) is 36.7 Å². The highest BCUT2D eigenvalue weighted by Gasteiger charge is 2.23. The third kappa shape index (κ3) is 5.61. The van der Waals surface area contributed by atoms with Crippen LogP contribution in [0.3, 0.4) is 0 Å². The maximum atomic E-state index is 12.6. The number of carbonyl (C=O) groups excluding carboxylic acids is 1. The molecule has 0 bridgehead atoms. The molecule has 11 heteroatoms. The van der Waals surface area contributed by atoms with Gasteiger partial charge in [0.15, 0.2) is 5.16 Å². The molecule has 0 aliphatic carbocycles. The molecule has 164 valence electrons. The number of anilines is 1. The SMILES string of the molecule is CCOc1ccc(NC(=O)CCc2c(C)nc(SC)[nH]c2=O)cc1S(=O)(=O)N(C)C. The van der Waals surface area contributed by atoms with Gasteiger partial charge in [0.2, 0.25) is 15.9 Å². The number of sulfonamides is 1. The number of carbonyl (C=O) groups is 1. The first-order valence-electron chi connectivity index (χ1n) is 9.23. The van der Waals surface area contributed by atoms with E-state index in [4.69, 9.17) is 4.74 Å². The van der Waals surface area contributed by atoms with E-state index in [1.165, 1.54) is 38.0 Å². The molecule has 0 radical (unpaired) electrons. The van der Waals surface area contributed by atoms with E-state index in [9.17, 15) is 18.0 Å². The Morgan fingerprint density at radius 3 is 2.60 bits per heavy atom. The molecule has 1 amide bonds. The number of thioether (sulfide) groups is 1. The number of aryl methyl sites for hydroxylation is 1. The predicted molar refractivity (Wildman–Crippen MR) is 117 cm³/mol. The first-order chi connectivity index (χ1) is 14.1. The highest BCUT2D eigenvalue weighted by Crippen LogP contribution is 2.29. The third-order valence-electron chi connectivity index (χ3n) is 4.28. The lowest BCUT2D eigenvalue weighted by Gasteiger charge is -2.16. The van der Waals surface area contributed by atoms with Crippen LogP contribution < -0.4 is 15.6 Å². The molecule has 0 fully saturated rings. The number of hydrogen-bond donors (Lipinski definition) is 2. The van der Waals surface area contributed by atoms with Crippen molar-refractivity contribution in [1.82, 2.24) is 14.3 Å². The number of amides is 1. The number of ether oxygens (including phenoxy) is 1. The third-order valence-corrected chi connectivity index (χ3v) is 6.70. The van der Waals surface area contributed by atoms with Crippen molar-refractivity contribution >= 4 is 33.4 Å². The molecule has 1 aromatic carbocycles. The topological polar surface area (TPSA) is 121 Å². The van der Waals surface area contributed by atoms with E-state index in [0.29, 0.717) is 28.7 Å². The molecular weight excluding hydrogens is 428 g/mol. The van der Waals surface area contributed by atoms with E-state index < -0.39 is 10.0 Å². The van der Waals surface area contributed by atoms with Crippen LogP contribution in [0.5, 0.6) is 5.75 Å². The Labute approximate surface area is 180 Å². The van der Waals surface area contributed by atoms with Gasteiger partial charge in [0, 0.05) is 37.5 Å². The highest BCUT2D eigenvalue weighted by atomic mass is 32.2. The zero-order valence-electron chi connectivity index (χ0n) is 17.6. The van der Waals surface area contributed by atoms with Gasteiger partial charge in [0.1, 0.15) is 10.6 Å². The van der Waals surface area contributed by atoms with Crippen LogP contribution in [-0.4, -0.2) is 55.6 Å². The van der Waals surface area contributed by atoms with E-state index in [1.807, 2.05) is 6.26 Å². The Kier molecular flexibility index (Phi) is 8.04. The van der Waals surface area contributed by atoms with Gasteiger partial charge in [-0.3, -0.25) is 9.59 Å². The molecule has 1 heterocycles. The molecule has 0 saturated heterocycles. The summed E-state index contributed by atoms with van der Waals surface area (Å²) in [6, 6.07) is 4.45. The van der Waals surface area contributed by atoms with Gasteiger partial charge >= 0.3 is 0 Å². The van der Waals surface area contributed by atoms with Crippen molar-refractivity contribution < 1.29 is 17.9 Å². The molecule has 2 rings (SSSR count). The van der Waals surface area contributed by atoms with Gasteiger partial charge in [-0.1, -0.05) is 11.8 Å². The zero-order chi connectivity index (χ0) is 22.5. The lowest BCUT2D eigenvalue weighted by Crippen LogP contribution is -2.23. The van der Waals surface area contributed by atoms with Crippen LogP contribution in [0.25, 0.3) is 0 Å². The minimum absolute atomic E-state index is 0.0312. The number of aromatic nitrogens is 2. The summed E-state index contributed by atoms with van der Waals surface area (Å²) >= 11 is 1.33. The van der Waals surface area contributed by atoms with Gasteiger partial charge in [-0.15, -0.1) is 0 Å². The number of nitrogens with zero attached hydrogens (tertiary/aromatic N) is 2. The zero-order valence-corrected chi connectivity index (χ0v) is 19.2. The van der Waals surface area contributed by atoms with Crippen molar-refractivity contribution in [2.24, 2.45) is 0 Å². The van der Waals surface area contributed by atoms with Gasteiger partial charge < -0.3 is 15.0 Å². The minimum Gasteiger partial charge on any atom is -0.492 e. The first-order valence-corrected chi connectivity index (χ1v) is 11.9. The minimum atomic E-state index is -3.76. The van der Waals surface area contributed by atoms with Crippen LogP contribution in [-0.2, 0) is 21.2 Å². The van der Waals surface area contributed by atoms with Crippen molar-refractivity contribution in [1.29, 1.82) is 0 Å². The summed E-state index contributed by atoms with van der Waals surface area (Å²) in [4.78, 5) is 31.5. The fourth-order valence-electron chi connectivity index (χ4n) is 2.70. The van der Waals surface area contributed by atoms with Crippen LogP contribution in [0.15, 0.2) is 33.0 Å². The van der Waals surface area contributed by atoms with E-state index in [-0.39, 0.29) is 35.0 Å². The quantitative estimate of drug-likeness (QED) is 0.439. The van der Waals surface area contributed by atoms with Gasteiger partial charge in [-0.05, 0) is 44.7 Å². The molecule has 0 atom stereocenters. The molecule has 0 unspecified atom stereocenters. The highest BCUT2D eigenvalue weighted by molar-refractivity contribution is 7.98. The summed E-state index contributed by atoms with van der Waals surface area (Å²) in [7, 11) is -0.914. The van der Waals surface area contributed by atoms with Crippen LogP contribution in [0.2, 0.25) is 0 Å². The Morgan fingerprint density at radius 1 is 1.33 bits per heavy atom. The smallest absolute Gasteiger partial charge is 0.254 e. The van der Waals surface area contributed by atoms with E-state index in [2.05, 4.69) is 15.3 Å². The average molecular weight is 455 g/mol. The number of rotatable bonds is 9. The summed E-state index contributed by atoms with van der Waals surface area (Å²) < 4.78 is 31.7. The van der Waals surface area contributed by atoms with Crippen molar-refractivity contribution in [2.75, 3.05) is 32.3 Å². The molecule has 0 saturated carbocycles. The number of benzene rings is 1. The van der Waals surface area contributed by atoms with E-state index in [0.717, 1.165) is 4.31 Å². The van der Waals surface area contributed by atoms with Crippen LogP contribution in [0, 0.1) is 6.92 Å². The van der Waals surface area contributed by atoms with Gasteiger partial charge in [-0.25, -0.2) is 17.7 Å². The lowest BCUT2D eigenvalue weighted by molar-refractivity contribution is -0.116. The van der Waals surface area contributed by atoms with Gasteiger partial charge in [0.25, 0.3) is 5.56 Å². The van der Waals surface area contributed by atoms with Crippen LogP contribution in [0.4, 0.5) is 5.69 Å². The fourth-order valence-corrected chi connectivity index (χ4v) is 4.17. The van der Waals surface area contributed by atoms with Crippen LogP contribution in [0.1, 0.15) is 24.6 Å². The Balaban J connectivity index is 2.19. The largest absolute Gasteiger partial charge is 0.492 e. The van der Waals surface area contributed by atoms with E-state index in [1.54, 1.807) is 19.9 Å². The molecule has 1 aromatic heterocycles. The normalized spacial score (nSPS) is 11.5. The second-order valence-electron chi connectivity index (χ2n) is 6.57. The van der Waals surface area contributed by atoms with Crippen molar-refractivity contribution in [3.8, 4) is 5.75 Å². The summed E-state index contributed by atoms with van der Waals surface area (Å²) in [5.41, 5.74) is 1.09. The second kappa shape index (κ2) is 10.1. The monoisotopic (exact) mass is 454 g/mol. The number of H-pyrrole nitrogens is 1. The number of hydrogen-bond acceptors (Lipinski definition) is 7. The number of nitrogens with one attached hydrogen (secondary N) is 2. The maximum Gasteiger partial charge on any atom is 0.254 e.